The Hall–Kier alpha value is -2.43. The van der Waals surface area contributed by atoms with E-state index in [0.29, 0.717) is 16.9 Å². The van der Waals surface area contributed by atoms with Crippen LogP contribution >= 0.6 is 0 Å². The number of rotatable bonds is 2. The van der Waals surface area contributed by atoms with E-state index in [-0.39, 0.29) is 5.69 Å². The fourth-order valence-corrected chi connectivity index (χ4v) is 2.25. The lowest BCUT2D eigenvalue weighted by Gasteiger charge is -2.01. The maximum absolute atomic E-state index is 11.1. The van der Waals surface area contributed by atoms with Gasteiger partial charge < -0.3 is 18.8 Å². The van der Waals surface area contributed by atoms with Crippen LogP contribution in [-0.2, 0) is 7.05 Å². The largest absolute Gasteiger partial charge is 0.493 e. The van der Waals surface area contributed by atoms with E-state index >= 15 is 0 Å². The number of fused-ring (bicyclic) bond motifs is 3. The predicted octanol–water partition coefficient (Wildman–Crippen LogP) is 2.63. The van der Waals surface area contributed by atoms with Gasteiger partial charge in [0.1, 0.15) is 5.69 Å². The summed E-state index contributed by atoms with van der Waals surface area (Å²) in [5.74, 6) is -0.333. The van der Waals surface area contributed by atoms with Crippen LogP contribution in [0, 0.1) is 0 Å². The molecular weight excluding hydrogens is 234 g/mol. The number of aryl methyl sites for hydroxylation is 1. The topological polar surface area (TPSA) is 64.6 Å². The number of hydrogen-bond acceptors (Lipinski definition) is 3. The number of para-hydroxylation sites is 1. The Balaban J connectivity index is 2.45. The van der Waals surface area contributed by atoms with Gasteiger partial charge in [-0.2, -0.15) is 0 Å². The quantitative estimate of drug-likeness (QED) is 0.753. The van der Waals surface area contributed by atoms with Gasteiger partial charge in [0.05, 0.1) is 12.6 Å². The molecule has 0 saturated carbocycles. The first-order valence-corrected chi connectivity index (χ1v) is 5.41. The molecule has 0 unspecified atom stereocenters. The van der Waals surface area contributed by atoms with Gasteiger partial charge in [0, 0.05) is 18.5 Å². The number of hydrogen-bond donors (Lipinski definition) is 1. The second-order valence-electron chi connectivity index (χ2n) is 4.05. The summed E-state index contributed by atoms with van der Waals surface area (Å²) in [6, 6.07) is 7.07. The summed E-state index contributed by atoms with van der Waals surface area (Å²) in [6.07, 6.45) is 0. The van der Waals surface area contributed by atoms with Crippen molar-refractivity contribution in [3.8, 4) is 5.75 Å². The third-order valence-electron chi connectivity index (χ3n) is 3.08. The predicted molar refractivity (Wildman–Crippen MR) is 66.2 cm³/mol. The molecule has 0 spiro atoms. The van der Waals surface area contributed by atoms with Gasteiger partial charge in [-0.3, -0.25) is 0 Å². The molecular formula is C13H11NO4. The molecule has 0 radical (unpaired) electrons. The van der Waals surface area contributed by atoms with E-state index in [1.807, 2.05) is 18.2 Å². The Labute approximate surface area is 102 Å². The second-order valence-corrected chi connectivity index (χ2v) is 4.05. The van der Waals surface area contributed by atoms with E-state index < -0.39 is 5.97 Å². The zero-order valence-corrected chi connectivity index (χ0v) is 9.93. The Morgan fingerprint density at radius 1 is 1.44 bits per heavy atom. The van der Waals surface area contributed by atoms with E-state index in [9.17, 15) is 4.79 Å². The lowest BCUT2D eigenvalue weighted by Crippen LogP contribution is -2.03. The zero-order chi connectivity index (χ0) is 12.9. The molecule has 5 heteroatoms. The van der Waals surface area contributed by atoms with Gasteiger partial charge in [0.2, 0.25) is 0 Å². The number of carbonyl (C=O) groups is 1. The summed E-state index contributed by atoms with van der Waals surface area (Å²) in [5.41, 5.74) is 2.15. The van der Waals surface area contributed by atoms with E-state index in [1.54, 1.807) is 18.7 Å². The zero-order valence-electron chi connectivity index (χ0n) is 9.93. The van der Waals surface area contributed by atoms with Crippen molar-refractivity contribution in [2.45, 2.75) is 0 Å². The molecule has 2 aromatic heterocycles. The van der Waals surface area contributed by atoms with Crippen molar-refractivity contribution in [3.63, 3.8) is 0 Å². The molecule has 0 fully saturated rings. The van der Waals surface area contributed by atoms with Crippen LogP contribution in [-0.4, -0.2) is 22.8 Å². The van der Waals surface area contributed by atoms with Crippen molar-refractivity contribution in [3.05, 3.63) is 30.0 Å². The molecule has 0 saturated heterocycles. The number of nitrogens with zero attached hydrogens (tertiary/aromatic N) is 1. The van der Waals surface area contributed by atoms with Gasteiger partial charge in [-0.25, -0.2) is 4.79 Å². The normalized spacial score (nSPS) is 11.2. The van der Waals surface area contributed by atoms with E-state index in [4.69, 9.17) is 14.3 Å². The van der Waals surface area contributed by atoms with Crippen molar-refractivity contribution in [2.24, 2.45) is 7.05 Å². The SMILES string of the molecule is COc1cccc2c1oc1cc(C(=O)O)n(C)c12. The minimum Gasteiger partial charge on any atom is -0.493 e. The van der Waals surface area contributed by atoms with Crippen molar-refractivity contribution < 1.29 is 19.1 Å². The molecule has 1 aromatic carbocycles. The molecule has 3 rings (SSSR count). The summed E-state index contributed by atoms with van der Waals surface area (Å²) < 4.78 is 12.5. The van der Waals surface area contributed by atoms with Crippen LogP contribution in [0.25, 0.3) is 22.1 Å². The van der Waals surface area contributed by atoms with Gasteiger partial charge in [-0.1, -0.05) is 6.07 Å². The number of benzene rings is 1. The van der Waals surface area contributed by atoms with Crippen LogP contribution < -0.4 is 4.74 Å². The molecule has 2 heterocycles. The molecule has 0 aliphatic carbocycles. The molecule has 1 N–H and O–H groups in total. The summed E-state index contributed by atoms with van der Waals surface area (Å²) in [7, 11) is 3.28. The first-order chi connectivity index (χ1) is 8.63. The maximum atomic E-state index is 11.1. The summed E-state index contributed by atoms with van der Waals surface area (Å²) >= 11 is 0. The minimum absolute atomic E-state index is 0.202. The molecule has 0 bridgehead atoms. The fourth-order valence-electron chi connectivity index (χ4n) is 2.25. The summed E-state index contributed by atoms with van der Waals surface area (Å²) in [6.45, 7) is 0. The first-order valence-electron chi connectivity index (χ1n) is 5.41. The van der Waals surface area contributed by atoms with Crippen LogP contribution in [0.3, 0.4) is 0 Å². The smallest absolute Gasteiger partial charge is 0.352 e. The van der Waals surface area contributed by atoms with Gasteiger partial charge in [0.15, 0.2) is 16.9 Å². The second kappa shape index (κ2) is 3.53. The first kappa shape index (κ1) is 10.7. The third-order valence-corrected chi connectivity index (χ3v) is 3.08. The molecule has 0 atom stereocenters. The Kier molecular flexibility index (Phi) is 2.10. The van der Waals surface area contributed by atoms with Crippen LogP contribution in [0.1, 0.15) is 10.5 Å². The van der Waals surface area contributed by atoms with E-state index in [0.717, 1.165) is 10.9 Å². The van der Waals surface area contributed by atoms with Crippen molar-refractivity contribution in [2.75, 3.05) is 7.11 Å². The molecule has 0 amide bonds. The number of methoxy groups -OCH3 is 1. The maximum Gasteiger partial charge on any atom is 0.352 e. The van der Waals surface area contributed by atoms with Crippen LogP contribution in [0.15, 0.2) is 28.7 Å². The van der Waals surface area contributed by atoms with E-state index in [2.05, 4.69) is 0 Å². The third kappa shape index (κ3) is 1.24. The highest BCUT2D eigenvalue weighted by molar-refractivity contribution is 6.07. The standard InChI is InChI=1S/C13H11NO4/c1-14-8(13(15)16)6-10-11(14)7-4-3-5-9(17-2)12(7)18-10/h3-6H,1-2H3,(H,15,16). The number of ether oxygens (including phenoxy) is 1. The highest BCUT2D eigenvalue weighted by atomic mass is 16.5. The van der Waals surface area contributed by atoms with Crippen LogP contribution in [0.4, 0.5) is 0 Å². The molecule has 3 aromatic rings. The van der Waals surface area contributed by atoms with E-state index in [1.165, 1.54) is 6.07 Å². The molecule has 0 aliphatic heterocycles. The number of aromatic carboxylic acids is 1. The fraction of sp³-hybridized carbons (Fsp3) is 0.154. The van der Waals surface area contributed by atoms with Crippen LogP contribution in [0.2, 0.25) is 0 Å². The van der Waals surface area contributed by atoms with Crippen molar-refractivity contribution >= 4 is 28.0 Å². The Morgan fingerprint density at radius 2 is 2.22 bits per heavy atom. The average Bonchev–Trinajstić information content (AvgIpc) is 2.86. The van der Waals surface area contributed by atoms with Crippen LogP contribution in [0.5, 0.6) is 5.75 Å². The number of carboxylic acids is 1. The Bertz CT molecular complexity index is 766. The monoisotopic (exact) mass is 245 g/mol. The Morgan fingerprint density at radius 3 is 2.89 bits per heavy atom. The molecule has 18 heavy (non-hydrogen) atoms. The number of carboxylic acid groups (broad SMARTS) is 1. The number of furan rings is 1. The summed E-state index contributed by atoms with van der Waals surface area (Å²) in [4.78, 5) is 11.1. The highest BCUT2D eigenvalue weighted by Crippen LogP contribution is 2.35. The van der Waals surface area contributed by atoms with Gasteiger partial charge in [-0.15, -0.1) is 0 Å². The highest BCUT2D eigenvalue weighted by Gasteiger charge is 2.19. The van der Waals surface area contributed by atoms with Gasteiger partial charge in [0.25, 0.3) is 0 Å². The summed E-state index contributed by atoms with van der Waals surface area (Å²) in [5, 5.41) is 9.92. The molecule has 92 valence electrons. The van der Waals surface area contributed by atoms with Gasteiger partial charge in [-0.05, 0) is 12.1 Å². The molecule has 5 nitrogen and oxygen atoms in total. The van der Waals surface area contributed by atoms with Gasteiger partial charge >= 0.3 is 5.97 Å². The van der Waals surface area contributed by atoms with Crippen molar-refractivity contribution in [1.29, 1.82) is 0 Å². The minimum atomic E-state index is -0.972. The molecule has 0 aliphatic rings. The number of aromatic nitrogens is 1. The lowest BCUT2D eigenvalue weighted by atomic mass is 10.2. The lowest BCUT2D eigenvalue weighted by molar-refractivity contribution is 0.0687. The van der Waals surface area contributed by atoms with Crippen molar-refractivity contribution in [1.82, 2.24) is 4.57 Å². The average molecular weight is 245 g/mol.